The summed E-state index contributed by atoms with van der Waals surface area (Å²) >= 11 is 8.82. The Hall–Kier alpha value is -2.12. The molecule has 2 aromatic rings. The van der Waals surface area contributed by atoms with Gasteiger partial charge in [-0.2, -0.15) is 0 Å². The number of rotatable bonds is 3. The Morgan fingerprint density at radius 1 is 1.29 bits per heavy atom. The average Bonchev–Trinajstić information content (AvgIpc) is 2.43. The van der Waals surface area contributed by atoms with E-state index in [1.165, 1.54) is 36.5 Å². The summed E-state index contributed by atoms with van der Waals surface area (Å²) in [6.07, 6.45) is 1.21. The number of aliphatic imine (C=N–C) groups is 1. The van der Waals surface area contributed by atoms with Gasteiger partial charge in [-0.1, -0.05) is 11.6 Å². The summed E-state index contributed by atoms with van der Waals surface area (Å²) in [6.45, 7) is 0. The highest BCUT2D eigenvalue weighted by atomic mass is 79.9. The van der Waals surface area contributed by atoms with Gasteiger partial charge in [0.2, 0.25) is 0 Å². The third kappa shape index (κ3) is 3.50. The quantitative estimate of drug-likeness (QED) is 0.481. The molecule has 0 saturated carbocycles. The third-order valence-electron chi connectivity index (χ3n) is 2.57. The Morgan fingerprint density at radius 3 is 2.67 bits per heavy atom. The Labute approximate surface area is 132 Å². The summed E-state index contributed by atoms with van der Waals surface area (Å²) in [5.74, 6) is -0.287. The van der Waals surface area contributed by atoms with E-state index in [2.05, 4.69) is 20.9 Å². The summed E-state index contributed by atoms with van der Waals surface area (Å²) in [4.78, 5) is 14.2. The van der Waals surface area contributed by atoms with E-state index in [4.69, 9.17) is 11.6 Å². The first-order chi connectivity index (χ1) is 9.88. The molecule has 0 aliphatic rings. The fraction of sp³-hybridized carbons (Fsp3) is 0. The van der Waals surface area contributed by atoms with Gasteiger partial charge < -0.3 is 10.2 Å². The van der Waals surface area contributed by atoms with E-state index in [0.717, 1.165) is 0 Å². The molecule has 8 heteroatoms. The third-order valence-corrected chi connectivity index (χ3v) is 3.41. The minimum absolute atomic E-state index is 0.0976. The van der Waals surface area contributed by atoms with Crippen LogP contribution in [0, 0.1) is 10.1 Å². The van der Waals surface area contributed by atoms with Crippen molar-refractivity contribution in [3.63, 3.8) is 0 Å². The molecule has 0 amide bonds. The topological polar surface area (TPSA) is 96.0 Å². The van der Waals surface area contributed by atoms with Crippen LogP contribution in [0.25, 0.3) is 0 Å². The molecule has 0 unspecified atom stereocenters. The maximum Gasteiger partial charge on any atom is 0.271 e. The van der Waals surface area contributed by atoms with E-state index in [1.54, 1.807) is 0 Å². The second-order valence-electron chi connectivity index (χ2n) is 4.01. The monoisotopic (exact) mass is 370 g/mol. The van der Waals surface area contributed by atoms with Crippen LogP contribution in [0.15, 0.2) is 39.8 Å². The molecule has 0 aromatic heterocycles. The molecular formula is C13H8BrClN2O4. The number of hydrogen-bond acceptors (Lipinski definition) is 5. The van der Waals surface area contributed by atoms with Crippen LogP contribution in [-0.4, -0.2) is 21.4 Å². The molecule has 0 saturated heterocycles. The molecule has 2 N–H and O–H groups in total. The lowest BCUT2D eigenvalue weighted by atomic mass is 10.2. The van der Waals surface area contributed by atoms with E-state index in [0.29, 0.717) is 5.02 Å². The van der Waals surface area contributed by atoms with Crippen molar-refractivity contribution in [2.75, 3.05) is 0 Å². The average molecular weight is 372 g/mol. The Morgan fingerprint density at radius 2 is 2.00 bits per heavy atom. The predicted octanol–water partition coefficient (Wildman–Crippen LogP) is 4.17. The van der Waals surface area contributed by atoms with Gasteiger partial charge in [0.05, 0.1) is 9.40 Å². The number of hydrogen-bond donors (Lipinski definition) is 2. The Balaban J connectivity index is 2.45. The highest BCUT2D eigenvalue weighted by Crippen LogP contribution is 2.33. The van der Waals surface area contributed by atoms with Gasteiger partial charge in [0.25, 0.3) is 5.69 Å². The van der Waals surface area contributed by atoms with Crippen molar-refractivity contribution in [1.82, 2.24) is 0 Å². The summed E-state index contributed by atoms with van der Waals surface area (Å²) in [5.41, 5.74) is 0.122. The molecule has 2 aromatic carbocycles. The van der Waals surface area contributed by atoms with Gasteiger partial charge in [-0.3, -0.25) is 15.1 Å². The van der Waals surface area contributed by atoms with Crippen molar-refractivity contribution >= 4 is 45.1 Å². The number of nitro groups is 1. The predicted molar refractivity (Wildman–Crippen MR) is 82.8 cm³/mol. The van der Waals surface area contributed by atoms with Crippen LogP contribution in [0.1, 0.15) is 5.56 Å². The largest absolute Gasteiger partial charge is 0.506 e. The van der Waals surface area contributed by atoms with Gasteiger partial charge in [-0.05, 0) is 34.1 Å². The smallest absolute Gasteiger partial charge is 0.271 e. The van der Waals surface area contributed by atoms with E-state index >= 15 is 0 Å². The van der Waals surface area contributed by atoms with E-state index in [-0.39, 0.29) is 32.9 Å². The van der Waals surface area contributed by atoms with Gasteiger partial charge in [-0.25, -0.2) is 0 Å². The maximum atomic E-state index is 10.8. The van der Waals surface area contributed by atoms with Gasteiger partial charge in [0, 0.05) is 28.9 Å². The highest BCUT2D eigenvalue weighted by Gasteiger charge is 2.13. The van der Waals surface area contributed by atoms with Gasteiger partial charge >= 0.3 is 0 Å². The highest BCUT2D eigenvalue weighted by molar-refractivity contribution is 9.10. The minimum Gasteiger partial charge on any atom is -0.506 e. The summed E-state index contributed by atoms with van der Waals surface area (Å²) in [6, 6.07) is 6.65. The summed E-state index contributed by atoms with van der Waals surface area (Å²) in [7, 11) is 0. The molecule has 0 heterocycles. The molecule has 0 atom stereocenters. The van der Waals surface area contributed by atoms with Crippen molar-refractivity contribution in [3.8, 4) is 11.5 Å². The number of non-ortho nitro benzene ring substituents is 1. The molecule has 0 radical (unpaired) electrons. The standard InChI is InChI=1S/C13H8BrClN2O4/c14-10-5-9(17(20)21)3-7(13(10)19)6-16-11-4-8(15)1-2-12(11)18/h1-6,18-19H. The van der Waals surface area contributed by atoms with Gasteiger partial charge in [0.1, 0.15) is 17.2 Å². The molecular weight excluding hydrogens is 364 g/mol. The van der Waals surface area contributed by atoms with Crippen molar-refractivity contribution in [2.24, 2.45) is 4.99 Å². The van der Waals surface area contributed by atoms with Gasteiger partial charge in [0.15, 0.2) is 0 Å². The van der Waals surface area contributed by atoms with Crippen molar-refractivity contribution in [1.29, 1.82) is 0 Å². The lowest BCUT2D eigenvalue weighted by Gasteiger charge is -2.03. The number of nitro benzene ring substituents is 1. The van der Waals surface area contributed by atoms with Crippen LogP contribution in [0.2, 0.25) is 5.02 Å². The first kappa shape index (κ1) is 15.3. The molecule has 2 rings (SSSR count). The zero-order chi connectivity index (χ0) is 15.6. The zero-order valence-electron chi connectivity index (χ0n) is 10.3. The lowest BCUT2D eigenvalue weighted by molar-refractivity contribution is -0.385. The van der Waals surface area contributed by atoms with E-state index < -0.39 is 4.92 Å². The molecule has 0 bridgehead atoms. The number of halogens is 2. The number of aromatic hydroxyl groups is 2. The van der Waals surface area contributed by atoms with Crippen molar-refractivity contribution < 1.29 is 15.1 Å². The Bertz CT molecular complexity index is 749. The number of nitrogens with zero attached hydrogens (tertiary/aromatic N) is 2. The first-order valence-electron chi connectivity index (χ1n) is 5.58. The summed E-state index contributed by atoms with van der Waals surface area (Å²) in [5, 5.41) is 30.7. The SMILES string of the molecule is O=[N+]([O-])c1cc(Br)c(O)c(C=Nc2cc(Cl)ccc2O)c1. The molecule has 0 aliphatic carbocycles. The maximum absolute atomic E-state index is 10.8. The fourth-order valence-corrected chi connectivity index (χ4v) is 2.18. The molecule has 0 fully saturated rings. The lowest BCUT2D eigenvalue weighted by Crippen LogP contribution is -1.91. The van der Waals surface area contributed by atoms with Crippen LogP contribution < -0.4 is 0 Å². The van der Waals surface area contributed by atoms with Gasteiger partial charge in [-0.15, -0.1) is 0 Å². The molecule has 108 valence electrons. The van der Waals surface area contributed by atoms with Crippen LogP contribution in [0.5, 0.6) is 11.5 Å². The van der Waals surface area contributed by atoms with E-state index in [9.17, 15) is 20.3 Å². The van der Waals surface area contributed by atoms with Crippen LogP contribution in [0.4, 0.5) is 11.4 Å². The number of phenols is 2. The second kappa shape index (κ2) is 6.11. The minimum atomic E-state index is -0.585. The van der Waals surface area contributed by atoms with E-state index in [1.807, 2.05) is 0 Å². The molecule has 0 spiro atoms. The van der Waals surface area contributed by atoms with Crippen LogP contribution in [-0.2, 0) is 0 Å². The summed E-state index contributed by atoms with van der Waals surface area (Å²) < 4.78 is 0.175. The fourth-order valence-electron chi connectivity index (χ4n) is 1.55. The molecule has 0 aliphatic heterocycles. The molecule has 6 nitrogen and oxygen atoms in total. The first-order valence-corrected chi connectivity index (χ1v) is 6.75. The second-order valence-corrected chi connectivity index (χ2v) is 5.30. The van der Waals surface area contributed by atoms with Crippen molar-refractivity contribution in [2.45, 2.75) is 0 Å². The van der Waals surface area contributed by atoms with Crippen molar-refractivity contribution in [3.05, 3.63) is 55.5 Å². The Kier molecular flexibility index (Phi) is 4.44. The molecule has 21 heavy (non-hydrogen) atoms. The van der Waals surface area contributed by atoms with Crippen LogP contribution >= 0.6 is 27.5 Å². The number of benzene rings is 2. The number of phenolic OH excluding ortho intramolecular Hbond substituents is 2. The zero-order valence-corrected chi connectivity index (χ0v) is 12.7. The van der Waals surface area contributed by atoms with Crippen LogP contribution in [0.3, 0.4) is 0 Å². The normalized spacial score (nSPS) is 11.0.